The topological polar surface area (TPSA) is 110 Å². The molecule has 29 heavy (non-hydrogen) atoms. The normalized spacial score (nSPS) is 10.3. The Labute approximate surface area is 168 Å². The molecule has 0 aliphatic carbocycles. The molecule has 0 fully saturated rings. The van der Waals surface area contributed by atoms with Crippen LogP contribution in [0.1, 0.15) is 5.69 Å². The molecule has 8 nitrogen and oxygen atoms in total. The number of hydrogen-bond acceptors (Lipinski definition) is 6. The van der Waals surface area contributed by atoms with Crippen molar-refractivity contribution in [1.82, 2.24) is 4.98 Å². The summed E-state index contributed by atoms with van der Waals surface area (Å²) >= 11 is 0. The molecule has 1 N–H and O–H groups in total. The van der Waals surface area contributed by atoms with Gasteiger partial charge in [0, 0.05) is 17.7 Å². The quantitative estimate of drug-likeness (QED) is 0.532. The molecule has 3 rings (SSSR count). The number of anilines is 1. The van der Waals surface area contributed by atoms with Gasteiger partial charge >= 0.3 is 5.97 Å². The average Bonchev–Trinajstić information content (AvgIpc) is 3.17. The Kier molecular flexibility index (Phi) is 6.64. The van der Waals surface area contributed by atoms with E-state index in [4.69, 9.17) is 14.3 Å². The Hall–Kier alpha value is -3.59. The van der Waals surface area contributed by atoms with Crippen LogP contribution in [0.2, 0.25) is 0 Å². The number of hydrogen-bond donors (Lipinski definition) is 1. The third-order valence-electron chi connectivity index (χ3n) is 3.89. The fourth-order valence-electron chi connectivity index (χ4n) is 2.58. The molecule has 3 aromatic rings. The van der Waals surface area contributed by atoms with E-state index in [2.05, 4.69) is 4.98 Å². The summed E-state index contributed by atoms with van der Waals surface area (Å²) in [7, 11) is -2.52. The summed E-state index contributed by atoms with van der Waals surface area (Å²) in [6.07, 6.45) is 2.14. The van der Waals surface area contributed by atoms with E-state index in [0.29, 0.717) is 30.4 Å². The first-order valence-electron chi connectivity index (χ1n) is 8.65. The minimum absolute atomic E-state index is 0.371. The number of aromatic nitrogens is 1. The summed E-state index contributed by atoms with van der Waals surface area (Å²) < 4.78 is 32.9. The zero-order valence-corrected chi connectivity index (χ0v) is 16.1. The van der Waals surface area contributed by atoms with Crippen molar-refractivity contribution in [3.05, 3.63) is 66.6 Å². The fraction of sp³-hybridized carbons (Fsp3) is 0.150. The Bertz CT molecular complexity index is 1080. The van der Waals surface area contributed by atoms with Crippen molar-refractivity contribution in [1.29, 1.82) is 0 Å². The molecule has 0 radical (unpaired) electrons. The van der Waals surface area contributed by atoms with E-state index in [9.17, 15) is 13.2 Å². The highest BCUT2D eigenvalue weighted by atomic mass is 32.2. The van der Waals surface area contributed by atoms with Crippen LogP contribution < -0.4 is 9.64 Å². The highest BCUT2D eigenvalue weighted by molar-refractivity contribution is 7.71. The van der Waals surface area contributed by atoms with Crippen molar-refractivity contribution in [3.63, 3.8) is 0 Å². The van der Waals surface area contributed by atoms with Crippen LogP contribution in [-0.4, -0.2) is 43.1 Å². The number of aliphatic carboxylic acids is 1. The maximum absolute atomic E-state index is 10.9. The summed E-state index contributed by atoms with van der Waals surface area (Å²) in [6.45, 7) is -0.0975. The fourth-order valence-corrected chi connectivity index (χ4v) is 2.99. The van der Waals surface area contributed by atoms with Gasteiger partial charge in [-0.05, 0) is 36.4 Å². The molecule has 0 bridgehead atoms. The first-order chi connectivity index (χ1) is 14.0. The molecule has 0 saturated heterocycles. The van der Waals surface area contributed by atoms with Gasteiger partial charge in [0.25, 0.3) is 0 Å². The van der Waals surface area contributed by atoms with E-state index in [-0.39, 0.29) is 0 Å². The molecule has 0 aliphatic heterocycles. The van der Waals surface area contributed by atoms with E-state index in [1.54, 1.807) is 30.5 Å². The van der Waals surface area contributed by atoms with Gasteiger partial charge in [-0.3, -0.25) is 4.79 Å². The Morgan fingerprint density at radius 1 is 1.14 bits per heavy atom. The van der Waals surface area contributed by atoms with Crippen LogP contribution in [0.15, 0.2) is 65.3 Å². The van der Waals surface area contributed by atoms with Gasteiger partial charge in [0.2, 0.25) is 16.2 Å². The van der Waals surface area contributed by atoms with Crippen molar-refractivity contribution < 1.29 is 27.5 Å². The standard InChI is InChI=1S/C20H18N2O6S/c23-19(24)12-22(14-29(25)26)17-6-8-18(9-7-17)27-11-10-16-13-28-20(21-16)15-4-2-1-3-5-15/h1-9,13-14H,10-12H2,(H,23,24). The van der Waals surface area contributed by atoms with Gasteiger partial charge in [0.1, 0.15) is 24.0 Å². The van der Waals surface area contributed by atoms with Crippen LogP contribution in [0, 0.1) is 0 Å². The maximum atomic E-state index is 10.9. The predicted octanol–water partition coefficient (Wildman–Crippen LogP) is 2.49. The van der Waals surface area contributed by atoms with Gasteiger partial charge in [-0.25, -0.2) is 4.98 Å². The molecule has 1 heterocycles. The second kappa shape index (κ2) is 9.56. The lowest BCUT2D eigenvalue weighted by Gasteiger charge is -2.16. The number of nitrogens with zero attached hydrogens (tertiary/aromatic N) is 2. The Morgan fingerprint density at radius 2 is 1.86 bits per heavy atom. The van der Waals surface area contributed by atoms with Crippen LogP contribution in [0.4, 0.5) is 5.69 Å². The summed E-state index contributed by atoms with van der Waals surface area (Å²) in [6, 6.07) is 16.0. The van der Waals surface area contributed by atoms with Crippen LogP contribution in [-0.2, 0) is 21.5 Å². The van der Waals surface area contributed by atoms with E-state index in [0.717, 1.165) is 21.6 Å². The van der Waals surface area contributed by atoms with Crippen molar-refractivity contribution in [2.24, 2.45) is 0 Å². The van der Waals surface area contributed by atoms with Crippen molar-refractivity contribution in [2.45, 2.75) is 6.42 Å². The van der Waals surface area contributed by atoms with Gasteiger partial charge in [0.05, 0.1) is 12.3 Å². The summed E-state index contributed by atoms with van der Waals surface area (Å²) in [5.41, 5.74) is 2.91. The van der Waals surface area contributed by atoms with Gasteiger partial charge in [0.15, 0.2) is 0 Å². The first-order valence-corrected chi connectivity index (χ1v) is 9.79. The zero-order valence-electron chi connectivity index (χ0n) is 15.3. The third kappa shape index (κ3) is 5.94. The van der Waals surface area contributed by atoms with E-state index < -0.39 is 22.8 Å². The van der Waals surface area contributed by atoms with Gasteiger partial charge in [-0.2, -0.15) is 8.42 Å². The van der Waals surface area contributed by atoms with E-state index in [1.807, 2.05) is 30.3 Å². The lowest BCUT2D eigenvalue weighted by atomic mass is 10.2. The average molecular weight is 414 g/mol. The molecule has 9 heteroatoms. The van der Waals surface area contributed by atoms with E-state index in [1.165, 1.54) is 0 Å². The van der Waals surface area contributed by atoms with Crippen LogP contribution >= 0.6 is 0 Å². The molecule has 2 aromatic carbocycles. The summed E-state index contributed by atoms with van der Waals surface area (Å²) in [5.74, 6) is -0.0240. The zero-order chi connectivity index (χ0) is 20.6. The smallest absolute Gasteiger partial charge is 0.323 e. The number of carbonyl (C=O) groups is 1. The van der Waals surface area contributed by atoms with Crippen LogP contribution in [0.25, 0.3) is 11.5 Å². The highest BCUT2D eigenvalue weighted by Gasteiger charge is 2.10. The lowest BCUT2D eigenvalue weighted by molar-refractivity contribution is -0.135. The SMILES string of the molecule is O=C(O)CN(C=S(=O)=O)c1ccc(OCCc2coc(-c3ccccc3)n2)cc1. The number of rotatable bonds is 9. The number of ether oxygens (including phenoxy) is 1. The molecule has 0 atom stereocenters. The number of carboxylic acids is 1. The second-order valence-electron chi connectivity index (χ2n) is 5.99. The predicted molar refractivity (Wildman–Crippen MR) is 108 cm³/mol. The third-order valence-corrected chi connectivity index (χ3v) is 4.31. The highest BCUT2D eigenvalue weighted by Crippen LogP contribution is 2.20. The molecule has 0 aliphatic rings. The second-order valence-corrected chi connectivity index (χ2v) is 6.72. The van der Waals surface area contributed by atoms with Gasteiger partial charge in [-0.1, -0.05) is 18.2 Å². The van der Waals surface area contributed by atoms with Crippen molar-refractivity contribution >= 4 is 27.4 Å². The molecular formula is C20H18N2O6S. The number of oxazole rings is 1. The summed E-state index contributed by atoms with van der Waals surface area (Å²) in [4.78, 5) is 16.5. The number of benzene rings is 2. The summed E-state index contributed by atoms with van der Waals surface area (Å²) in [5, 5.41) is 8.91. The molecule has 0 unspecified atom stereocenters. The van der Waals surface area contributed by atoms with Crippen LogP contribution in [0.3, 0.4) is 0 Å². The van der Waals surface area contributed by atoms with E-state index >= 15 is 0 Å². The first kappa shape index (κ1) is 20.2. The maximum Gasteiger partial charge on any atom is 0.323 e. The Morgan fingerprint density at radius 3 is 2.52 bits per heavy atom. The van der Waals surface area contributed by atoms with Crippen LogP contribution in [0.5, 0.6) is 5.75 Å². The molecule has 1 aromatic heterocycles. The van der Waals surface area contributed by atoms with Gasteiger partial charge in [-0.15, -0.1) is 0 Å². The van der Waals surface area contributed by atoms with Gasteiger partial charge < -0.3 is 19.2 Å². The lowest BCUT2D eigenvalue weighted by Crippen LogP contribution is -2.28. The monoisotopic (exact) mass is 414 g/mol. The minimum atomic E-state index is -2.52. The molecule has 150 valence electrons. The molecule has 0 amide bonds. The molecule has 0 saturated carbocycles. The molecule has 0 spiro atoms. The number of carboxylic acid groups (broad SMARTS) is 1. The molecular weight excluding hydrogens is 396 g/mol. The Balaban J connectivity index is 1.57. The minimum Gasteiger partial charge on any atom is -0.493 e. The largest absolute Gasteiger partial charge is 0.493 e. The van der Waals surface area contributed by atoms with Crippen molar-refractivity contribution in [3.8, 4) is 17.2 Å². The van der Waals surface area contributed by atoms with Crippen molar-refractivity contribution in [2.75, 3.05) is 18.1 Å².